The van der Waals surface area contributed by atoms with Gasteiger partial charge in [0.05, 0.1) is 26.8 Å². The first-order valence-electron chi connectivity index (χ1n) is 11.8. The van der Waals surface area contributed by atoms with Crippen molar-refractivity contribution in [3.05, 3.63) is 40.1 Å². The van der Waals surface area contributed by atoms with Crippen molar-refractivity contribution in [2.75, 3.05) is 26.5 Å². The second kappa shape index (κ2) is 8.43. The van der Waals surface area contributed by atoms with E-state index in [2.05, 4.69) is 42.3 Å². The largest absolute Gasteiger partial charge is 0.333 e. The average molecular weight is 475 g/mol. The van der Waals surface area contributed by atoms with Crippen LogP contribution < -0.4 is 10.0 Å². The SMILES string of the molecule is CC(C)n1nc(S(=O)(=O)NC(=O)Nc2c3c(cc4c2CCC4)CCC3)cc1C(C)[N+](C)(C)C. The fraction of sp³-hybridized carbons (Fsp3) is 0.583. The molecule has 180 valence electrons. The van der Waals surface area contributed by atoms with Crippen LogP contribution in [-0.2, 0) is 35.7 Å². The van der Waals surface area contributed by atoms with Gasteiger partial charge in [-0.25, -0.2) is 9.52 Å². The van der Waals surface area contributed by atoms with Crippen LogP contribution in [0.3, 0.4) is 0 Å². The number of quaternary nitrogens is 1. The van der Waals surface area contributed by atoms with E-state index in [-0.39, 0.29) is 17.1 Å². The van der Waals surface area contributed by atoms with E-state index in [1.54, 1.807) is 10.7 Å². The van der Waals surface area contributed by atoms with Crippen molar-refractivity contribution < 1.29 is 17.7 Å². The molecule has 0 radical (unpaired) electrons. The number of carbonyl (C=O) groups excluding carboxylic acids is 1. The molecule has 1 unspecified atom stereocenters. The van der Waals surface area contributed by atoms with E-state index >= 15 is 0 Å². The van der Waals surface area contributed by atoms with Gasteiger partial charge in [0, 0.05) is 17.8 Å². The van der Waals surface area contributed by atoms with Crippen LogP contribution in [-0.4, -0.2) is 49.9 Å². The van der Waals surface area contributed by atoms with E-state index in [4.69, 9.17) is 0 Å². The van der Waals surface area contributed by atoms with Gasteiger partial charge in [-0.05, 0) is 81.5 Å². The van der Waals surface area contributed by atoms with Crippen LogP contribution in [0, 0.1) is 0 Å². The van der Waals surface area contributed by atoms with Crippen molar-refractivity contribution in [2.24, 2.45) is 0 Å². The molecule has 0 fully saturated rings. The Hall–Kier alpha value is -2.39. The van der Waals surface area contributed by atoms with Crippen molar-refractivity contribution in [2.45, 2.75) is 76.4 Å². The molecule has 0 spiro atoms. The second-order valence-electron chi connectivity index (χ2n) is 10.5. The molecule has 0 saturated carbocycles. The van der Waals surface area contributed by atoms with Crippen LogP contribution in [0.2, 0.25) is 0 Å². The number of rotatable bonds is 6. The number of hydrogen-bond acceptors (Lipinski definition) is 4. The lowest BCUT2D eigenvalue weighted by molar-refractivity contribution is -0.900. The van der Waals surface area contributed by atoms with E-state index in [1.165, 1.54) is 11.1 Å². The lowest BCUT2D eigenvalue weighted by atomic mass is 9.99. The number of hydrogen-bond donors (Lipinski definition) is 2. The number of benzene rings is 1. The molecule has 4 rings (SSSR count). The number of anilines is 1. The molecule has 1 atom stereocenters. The Balaban J connectivity index is 1.60. The van der Waals surface area contributed by atoms with Crippen LogP contribution in [0.4, 0.5) is 10.5 Å². The van der Waals surface area contributed by atoms with Crippen molar-refractivity contribution >= 4 is 21.7 Å². The zero-order valence-corrected chi connectivity index (χ0v) is 21.3. The van der Waals surface area contributed by atoms with Crippen LogP contribution in [0.1, 0.15) is 73.6 Å². The summed E-state index contributed by atoms with van der Waals surface area (Å²) in [6.45, 7) is 5.97. The van der Waals surface area contributed by atoms with Gasteiger partial charge in [-0.1, -0.05) is 6.07 Å². The molecular weight excluding hydrogens is 438 g/mol. The van der Waals surface area contributed by atoms with Gasteiger partial charge in [0.25, 0.3) is 10.0 Å². The Morgan fingerprint density at radius 2 is 1.58 bits per heavy atom. The van der Waals surface area contributed by atoms with Crippen molar-refractivity contribution in [3.63, 3.8) is 0 Å². The van der Waals surface area contributed by atoms with Gasteiger partial charge in [-0.15, -0.1) is 0 Å². The Labute approximate surface area is 197 Å². The normalized spacial score (nSPS) is 16.6. The molecule has 2 N–H and O–H groups in total. The van der Waals surface area contributed by atoms with Crippen molar-refractivity contribution in [3.8, 4) is 0 Å². The minimum atomic E-state index is -4.12. The monoisotopic (exact) mass is 474 g/mol. The second-order valence-corrected chi connectivity index (χ2v) is 12.2. The first-order valence-corrected chi connectivity index (χ1v) is 13.3. The summed E-state index contributed by atoms with van der Waals surface area (Å²) in [5.74, 6) is 0. The van der Waals surface area contributed by atoms with Crippen LogP contribution >= 0.6 is 0 Å². The van der Waals surface area contributed by atoms with Gasteiger partial charge in [0.2, 0.25) is 0 Å². The summed E-state index contributed by atoms with van der Waals surface area (Å²) in [5, 5.41) is 7.13. The van der Waals surface area contributed by atoms with Gasteiger partial charge < -0.3 is 9.80 Å². The van der Waals surface area contributed by atoms with E-state index in [9.17, 15) is 13.2 Å². The highest BCUT2D eigenvalue weighted by atomic mass is 32.2. The maximum absolute atomic E-state index is 13.1. The summed E-state index contributed by atoms with van der Waals surface area (Å²) in [6, 6.07) is 3.14. The molecule has 9 heteroatoms. The summed E-state index contributed by atoms with van der Waals surface area (Å²) in [7, 11) is 2.04. The third kappa shape index (κ3) is 4.53. The molecule has 2 amide bonds. The zero-order valence-electron chi connectivity index (χ0n) is 20.5. The average Bonchev–Trinajstić information content (AvgIpc) is 3.44. The van der Waals surface area contributed by atoms with Gasteiger partial charge in [0.1, 0.15) is 6.04 Å². The maximum atomic E-state index is 13.1. The molecule has 33 heavy (non-hydrogen) atoms. The van der Waals surface area contributed by atoms with E-state index in [0.717, 1.165) is 61.0 Å². The topological polar surface area (TPSA) is 93.1 Å². The minimum absolute atomic E-state index is 0.0127. The molecule has 0 bridgehead atoms. The number of amides is 2. The van der Waals surface area contributed by atoms with Gasteiger partial charge in [-0.2, -0.15) is 13.5 Å². The molecule has 2 aliphatic rings. The minimum Gasteiger partial charge on any atom is -0.324 e. The Bertz CT molecular complexity index is 1160. The quantitative estimate of drug-likeness (QED) is 0.624. The number of aromatic nitrogens is 2. The third-order valence-corrected chi connectivity index (χ3v) is 8.24. The Morgan fingerprint density at radius 1 is 1.00 bits per heavy atom. The maximum Gasteiger partial charge on any atom is 0.333 e. The Kier molecular flexibility index (Phi) is 6.07. The number of sulfonamides is 1. The van der Waals surface area contributed by atoms with E-state index < -0.39 is 16.1 Å². The lowest BCUT2D eigenvalue weighted by Crippen LogP contribution is -2.38. The fourth-order valence-corrected chi connectivity index (χ4v) is 5.79. The first kappa shape index (κ1) is 23.8. The van der Waals surface area contributed by atoms with Gasteiger partial charge in [0.15, 0.2) is 5.03 Å². The van der Waals surface area contributed by atoms with E-state index in [0.29, 0.717) is 4.48 Å². The first-order chi connectivity index (χ1) is 15.4. The summed E-state index contributed by atoms with van der Waals surface area (Å²) >= 11 is 0. The number of fused-ring (bicyclic) bond motifs is 2. The number of nitrogens with zero attached hydrogens (tertiary/aromatic N) is 3. The summed E-state index contributed by atoms with van der Waals surface area (Å²) in [5.41, 5.74) is 6.51. The molecule has 1 heterocycles. The molecular formula is C24H36N5O3S+. The molecule has 0 saturated heterocycles. The summed E-state index contributed by atoms with van der Waals surface area (Å²) in [6.07, 6.45) is 5.97. The number of nitrogens with one attached hydrogen (secondary N) is 2. The fourth-order valence-electron chi connectivity index (χ4n) is 4.92. The predicted octanol–water partition coefficient (Wildman–Crippen LogP) is 3.72. The Morgan fingerprint density at radius 3 is 2.09 bits per heavy atom. The summed E-state index contributed by atoms with van der Waals surface area (Å²) in [4.78, 5) is 12.9. The van der Waals surface area contributed by atoms with Crippen LogP contribution in [0.5, 0.6) is 0 Å². The molecule has 1 aromatic carbocycles. The molecule has 2 aliphatic carbocycles. The van der Waals surface area contributed by atoms with Crippen LogP contribution in [0.25, 0.3) is 0 Å². The van der Waals surface area contributed by atoms with Crippen molar-refractivity contribution in [1.82, 2.24) is 14.5 Å². The lowest BCUT2D eigenvalue weighted by Gasteiger charge is -2.32. The standard InChI is InChI=1S/C24H35N5O3S/c1-15(2)28-21(16(3)29(4,5)6)14-22(26-28)33(31,32)27-24(30)25-23-19-11-7-9-17(19)13-18-10-8-12-20(18)23/h13-16H,7-12H2,1-6H3,(H-,25,27,30)/p+1. The molecule has 2 aromatic rings. The number of aryl methyl sites for hydroxylation is 2. The molecule has 0 aliphatic heterocycles. The predicted molar refractivity (Wildman–Crippen MR) is 129 cm³/mol. The molecule has 1 aromatic heterocycles. The zero-order chi connectivity index (χ0) is 24.1. The molecule has 8 nitrogen and oxygen atoms in total. The van der Waals surface area contributed by atoms with Crippen molar-refractivity contribution in [1.29, 1.82) is 0 Å². The highest BCUT2D eigenvalue weighted by Crippen LogP contribution is 2.38. The van der Waals surface area contributed by atoms with E-state index in [1.807, 2.05) is 20.8 Å². The third-order valence-electron chi connectivity index (χ3n) is 7.04. The van der Waals surface area contributed by atoms with Gasteiger partial charge >= 0.3 is 6.03 Å². The van der Waals surface area contributed by atoms with Gasteiger partial charge in [-0.3, -0.25) is 4.68 Å². The van der Waals surface area contributed by atoms with Crippen LogP contribution in [0.15, 0.2) is 17.2 Å². The number of urea groups is 1. The number of carbonyl (C=O) groups is 1. The highest BCUT2D eigenvalue weighted by Gasteiger charge is 2.31. The highest BCUT2D eigenvalue weighted by molar-refractivity contribution is 7.90. The summed E-state index contributed by atoms with van der Waals surface area (Å²) < 4.78 is 30.8. The smallest absolute Gasteiger partial charge is 0.324 e.